The zero-order chi connectivity index (χ0) is 15.4. The number of carbonyl (C=O) groups excluding carboxylic acids is 1. The summed E-state index contributed by atoms with van der Waals surface area (Å²) < 4.78 is 0.0858. The minimum absolute atomic E-state index is 0.0589. The molecule has 3 aromatic rings. The van der Waals surface area contributed by atoms with Gasteiger partial charge in [0.15, 0.2) is 17.1 Å². The van der Waals surface area contributed by atoms with Crippen molar-refractivity contribution in [2.75, 3.05) is 0 Å². The van der Waals surface area contributed by atoms with Crippen molar-refractivity contribution in [3.8, 4) is 0 Å². The van der Waals surface area contributed by atoms with Crippen LogP contribution in [0.5, 0.6) is 0 Å². The van der Waals surface area contributed by atoms with Crippen LogP contribution in [0, 0.1) is 0 Å². The van der Waals surface area contributed by atoms with E-state index in [2.05, 4.69) is 0 Å². The van der Waals surface area contributed by atoms with Crippen LogP contribution >= 0.6 is 0 Å². The van der Waals surface area contributed by atoms with Crippen LogP contribution in [-0.2, 0) is 4.79 Å². The second-order valence-corrected chi connectivity index (χ2v) is 5.20. The quantitative estimate of drug-likeness (QED) is 0.605. The smallest absolute Gasteiger partial charge is 0.230 e. The van der Waals surface area contributed by atoms with Gasteiger partial charge in [-0.15, -0.1) is 0 Å². The number of hydrogen-bond acceptors (Lipinski definition) is 1. The largest absolute Gasteiger partial charge is 0.325 e. The molecule has 0 radical (unpaired) electrons. The van der Waals surface area contributed by atoms with Crippen molar-refractivity contribution >= 4 is 23.0 Å². The Morgan fingerprint density at radius 2 is 0.864 bits per heavy atom. The second kappa shape index (κ2) is 5.96. The average molecular weight is 288 g/mol. The van der Waals surface area contributed by atoms with E-state index in [1.165, 1.54) is 0 Å². The molecule has 0 saturated heterocycles. The summed E-state index contributed by atoms with van der Waals surface area (Å²) in [6, 6.07) is 29.7. The maximum Gasteiger partial charge on any atom is 0.325 e. The molecule has 108 valence electrons. The third-order valence-electron chi connectivity index (χ3n) is 3.90. The number of quaternary nitrogens is 1. The number of rotatable bonds is 3. The third-order valence-corrected chi connectivity index (χ3v) is 3.90. The van der Waals surface area contributed by atoms with Crippen LogP contribution in [0.1, 0.15) is 6.92 Å². The van der Waals surface area contributed by atoms with Crippen LogP contribution in [0.2, 0.25) is 0 Å². The zero-order valence-electron chi connectivity index (χ0n) is 12.5. The topological polar surface area (TPSA) is 17.1 Å². The Labute approximate surface area is 130 Å². The molecule has 2 heteroatoms. The predicted molar refractivity (Wildman–Crippen MR) is 91.1 cm³/mol. The Hall–Kier alpha value is -2.71. The fourth-order valence-electron chi connectivity index (χ4n) is 2.95. The molecule has 0 aliphatic heterocycles. The van der Waals surface area contributed by atoms with Gasteiger partial charge in [0.1, 0.15) is 0 Å². The lowest BCUT2D eigenvalue weighted by Gasteiger charge is -2.33. The van der Waals surface area contributed by atoms with Gasteiger partial charge in [0, 0.05) is 36.4 Å². The Morgan fingerprint density at radius 3 is 1.09 bits per heavy atom. The fourth-order valence-corrected chi connectivity index (χ4v) is 2.95. The summed E-state index contributed by atoms with van der Waals surface area (Å²) in [5, 5.41) is 0. The molecule has 0 aliphatic rings. The highest BCUT2D eigenvalue weighted by atomic mass is 16.2. The number of hydrogen-bond donors (Lipinski definition) is 0. The Balaban J connectivity index is 2.37. The molecule has 0 heterocycles. The van der Waals surface area contributed by atoms with Crippen molar-refractivity contribution in [3.05, 3.63) is 91.0 Å². The van der Waals surface area contributed by atoms with Crippen molar-refractivity contribution in [1.82, 2.24) is 4.48 Å². The van der Waals surface area contributed by atoms with E-state index in [0.29, 0.717) is 0 Å². The summed E-state index contributed by atoms with van der Waals surface area (Å²) in [5.74, 6) is 0.0589. The van der Waals surface area contributed by atoms with Crippen LogP contribution in [0.25, 0.3) is 0 Å². The molecule has 0 saturated carbocycles. The van der Waals surface area contributed by atoms with E-state index in [9.17, 15) is 4.79 Å². The van der Waals surface area contributed by atoms with Crippen LogP contribution in [0.15, 0.2) is 91.0 Å². The molecule has 0 aromatic heterocycles. The summed E-state index contributed by atoms with van der Waals surface area (Å²) >= 11 is 0. The number of carbonyl (C=O) groups is 1. The van der Waals surface area contributed by atoms with Gasteiger partial charge >= 0.3 is 5.91 Å². The molecule has 0 atom stereocenters. The zero-order valence-corrected chi connectivity index (χ0v) is 12.5. The van der Waals surface area contributed by atoms with E-state index < -0.39 is 0 Å². The SMILES string of the molecule is CC(=O)[N+](c1ccccc1)(c1ccccc1)c1ccccc1. The van der Waals surface area contributed by atoms with Crippen LogP contribution in [0.4, 0.5) is 17.1 Å². The minimum Gasteiger partial charge on any atom is -0.230 e. The van der Waals surface area contributed by atoms with Gasteiger partial charge in [-0.3, -0.25) is 0 Å². The Bertz CT molecular complexity index is 655. The molecular weight excluding hydrogens is 270 g/mol. The lowest BCUT2D eigenvalue weighted by atomic mass is 10.1. The van der Waals surface area contributed by atoms with E-state index in [4.69, 9.17) is 0 Å². The van der Waals surface area contributed by atoms with Gasteiger partial charge in [0.25, 0.3) is 0 Å². The molecule has 3 aromatic carbocycles. The van der Waals surface area contributed by atoms with Crippen molar-refractivity contribution in [1.29, 1.82) is 0 Å². The first kappa shape index (κ1) is 14.2. The highest BCUT2D eigenvalue weighted by molar-refractivity contribution is 6.00. The Morgan fingerprint density at radius 1 is 0.591 bits per heavy atom. The Kier molecular flexibility index (Phi) is 3.86. The molecular formula is C20H18NO+. The lowest BCUT2D eigenvalue weighted by molar-refractivity contribution is -0.123. The molecule has 0 bridgehead atoms. The van der Waals surface area contributed by atoms with Crippen LogP contribution in [0.3, 0.4) is 0 Å². The van der Waals surface area contributed by atoms with Gasteiger partial charge in [-0.25, -0.2) is 4.79 Å². The molecule has 0 spiro atoms. The molecule has 0 fully saturated rings. The third kappa shape index (κ3) is 2.24. The second-order valence-electron chi connectivity index (χ2n) is 5.20. The highest BCUT2D eigenvalue weighted by Crippen LogP contribution is 2.43. The number of para-hydroxylation sites is 3. The van der Waals surface area contributed by atoms with Crippen LogP contribution in [-0.4, -0.2) is 5.91 Å². The van der Waals surface area contributed by atoms with Gasteiger partial charge in [0.05, 0.1) is 6.92 Å². The van der Waals surface area contributed by atoms with E-state index >= 15 is 0 Å². The first-order valence-electron chi connectivity index (χ1n) is 7.33. The van der Waals surface area contributed by atoms with E-state index in [0.717, 1.165) is 17.1 Å². The van der Waals surface area contributed by atoms with E-state index in [1.54, 1.807) is 6.92 Å². The van der Waals surface area contributed by atoms with Crippen molar-refractivity contribution in [2.24, 2.45) is 0 Å². The summed E-state index contributed by atoms with van der Waals surface area (Å²) in [4.78, 5) is 12.8. The summed E-state index contributed by atoms with van der Waals surface area (Å²) in [5.41, 5.74) is 2.81. The summed E-state index contributed by atoms with van der Waals surface area (Å²) in [6.07, 6.45) is 0. The summed E-state index contributed by atoms with van der Waals surface area (Å²) in [7, 11) is 0. The maximum absolute atomic E-state index is 12.8. The van der Waals surface area contributed by atoms with Gasteiger partial charge in [-0.1, -0.05) is 54.6 Å². The minimum atomic E-state index is 0.0589. The normalized spacial score (nSPS) is 11.1. The van der Waals surface area contributed by atoms with E-state index in [-0.39, 0.29) is 10.4 Å². The standard InChI is InChI=1S/C20H18NO/c1-17(22)21(18-11-5-2-6-12-18,19-13-7-3-8-14-19)20-15-9-4-10-16-20/h2-16H,1H3/q+1. The fraction of sp³-hybridized carbons (Fsp3) is 0.0500. The van der Waals surface area contributed by atoms with Gasteiger partial charge in [0.2, 0.25) is 0 Å². The first-order chi connectivity index (χ1) is 10.8. The molecule has 0 unspecified atom stereocenters. The molecule has 0 aliphatic carbocycles. The molecule has 1 amide bonds. The molecule has 22 heavy (non-hydrogen) atoms. The van der Waals surface area contributed by atoms with E-state index in [1.807, 2.05) is 91.0 Å². The highest BCUT2D eigenvalue weighted by Gasteiger charge is 2.41. The number of nitrogens with zero attached hydrogens (tertiary/aromatic N) is 1. The summed E-state index contributed by atoms with van der Waals surface area (Å²) in [6.45, 7) is 1.65. The van der Waals surface area contributed by atoms with Crippen LogP contribution < -0.4 is 4.48 Å². The van der Waals surface area contributed by atoms with Crippen molar-refractivity contribution < 1.29 is 4.79 Å². The van der Waals surface area contributed by atoms with Crippen molar-refractivity contribution in [2.45, 2.75) is 6.92 Å². The number of amides is 1. The maximum atomic E-state index is 12.8. The first-order valence-corrected chi connectivity index (χ1v) is 7.33. The number of benzene rings is 3. The van der Waals surface area contributed by atoms with Crippen molar-refractivity contribution in [3.63, 3.8) is 0 Å². The van der Waals surface area contributed by atoms with Gasteiger partial charge in [-0.05, 0) is 0 Å². The predicted octanol–water partition coefficient (Wildman–Crippen LogP) is 5.20. The van der Waals surface area contributed by atoms with Gasteiger partial charge < -0.3 is 0 Å². The molecule has 3 rings (SSSR count). The van der Waals surface area contributed by atoms with Gasteiger partial charge in [-0.2, -0.15) is 4.48 Å². The average Bonchev–Trinajstić information content (AvgIpc) is 2.58. The molecule has 0 N–H and O–H groups in total. The molecule has 2 nitrogen and oxygen atoms in total. The lowest BCUT2D eigenvalue weighted by Crippen LogP contribution is -2.43. The monoisotopic (exact) mass is 288 g/mol.